The Morgan fingerprint density at radius 3 is 2.80 bits per heavy atom. The van der Waals surface area contributed by atoms with Gasteiger partial charge in [-0.15, -0.1) is 11.3 Å². The van der Waals surface area contributed by atoms with Crippen LogP contribution in [-0.2, 0) is 11.2 Å². The van der Waals surface area contributed by atoms with Gasteiger partial charge in [0.15, 0.2) is 6.61 Å². The van der Waals surface area contributed by atoms with E-state index in [9.17, 15) is 4.79 Å². The van der Waals surface area contributed by atoms with Crippen LogP contribution in [0.25, 0.3) is 10.7 Å². The highest BCUT2D eigenvalue weighted by atomic mass is 35.5. The number of thiophene rings is 1. The van der Waals surface area contributed by atoms with Crippen molar-refractivity contribution in [2.75, 3.05) is 11.9 Å². The molecule has 1 amide bonds. The van der Waals surface area contributed by atoms with Crippen LogP contribution in [0.15, 0.2) is 34.9 Å². The van der Waals surface area contributed by atoms with Crippen LogP contribution < -0.4 is 10.1 Å². The van der Waals surface area contributed by atoms with Gasteiger partial charge in [0, 0.05) is 16.3 Å². The molecular weight excluding hydrogens is 362 g/mol. The minimum Gasteiger partial charge on any atom is -0.484 e. The van der Waals surface area contributed by atoms with E-state index in [2.05, 4.69) is 15.5 Å². The van der Waals surface area contributed by atoms with Gasteiger partial charge in [-0.05, 0) is 37.3 Å². The van der Waals surface area contributed by atoms with Gasteiger partial charge in [0.05, 0.1) is 10.6 Å². The van der Waals surface area contributed by atoms with Crippen LogP contribution in [-0.4, -0.2) is 22.7 Å². The number of anilines is 1. The second kappa shape index (κ2) is 7.67. The molecule has 25 heavy (non-hydrogen) atoms. The van der Waals surface area contributed by atoms with Crippen molar-refractivity contribution < 1.29 is 14.1 Å². The summed E-state index contributed by atoms with van der Waals surface area (Å²) in [5.41, 5.74) is 0.715. The zero-order chi connectivity index (χ0) is 17.8. The molecule has 0 aliphatic rings. The summed E-state index contributed by atoms with van der Waals surface area (Å²) in [6.45, 7) is 3.78. The predicted octanol–water partition coefficient (Wildman–Crippen LogP) is 4.34. The van der Waals surface area contributed by atoms with Crippen molar-refractivity contribution in [3.63, 3.8) is 0 Å². The number of benzene rings is 1. The Bertz CT molecular complexity index is 874. The Balaban J connectivity index is 1.62. The number of hydrogen-bond acceptors (Lipinski definition) is 6. The van der Waals surface area contributed by atoms with Crippen molar-refractivity contribution in [3.8, 4) is 16.5 Å². The maximum Gasteiger partial charge on any atom is 0.262 e. The monoisotopic (exact) mass is 377 g/mol. The number of amides is 1. The molecule has 0 aliphatic heterocycles. The number of nitrogens with zero attached hydrogens (tertiary/aromatic N) is 2. The molecule has 130 valence electrons. The van der Waals surface area contributed by atoms with Crippen molar-refractivity contribution in [2.24, 2.45) is 0 Å². The first-order valence-corrected chi connectivity index (χ1v) is 8.86. The summed E-state index contributed by atoms with van der Waals surface area (Å²) in [7, 11) is 0. The van der Waals surface area contributed by atoms with Crippen molar-refractivity contribution >= 4 is 34.5 Å². The molecule has 0 unspecified atom stereocenters. The van der Waals surface area contributed by atoms with Gasteiger partial charge in [-0.3, -0.25) is 4.79 Å². The van der Waals surface area contributed by atoms with Crippen LogP contribution in [0.1, 0.15) is 17.7 Å². The molecule has 2 heterocycles. The minimum atomic E-state index is -0.246. The molecule has 0 saturated carbocycles. The summed E-state index contributed by atoms with van der Waals surface area (Å²) in [5.74, 6) is 1.46. The van der Waals surface area contributed by atoms with Crippen LogP contribution >= 0.6 is 22.9 Å². The molecule has 1 aromatic carbocycles. The van der Waals surface area contributed by atoms with Crippen molar-refractivity contribution in [1.29, 1.82) is 0 Å². The normalized spacial score (nSPS) is 10.7. The van der Waals surface area contributed by atoms with Crippen molar-refractivity contribution in [2.45, 2.75) is 20.3 Å². The lowest BCUT2D eigenvalue weighted by Gasteiger charge is -2.07. The maximum absolute atomic E-state index is 12.1. The van der Waals surface area contributed by atoms with Gasteiger partial charge in [0.1, 0.15) is 5.75 Å². The lowest BCUT2D eigenvalue weighted by molar-refractivity contribution is -0.118. The van der Waals surface area contributed by atoms with Gasteiger partial charge < -0.3 is 14.6 Å². The van der Waals surface area contributed by atoms with Gasteiger partial charge in [0.25, 0.3) is 5.91 Å². The molecule has 3 aromatic rings. The zero-order valence-corrected chi connectivity index (χ0v) is 15.3. The molecule has 6 nitrogen and oxygen atoms in total. The fraction of sp³-hybridized carbons (Fsp3) is 0.235. The van der Waals surface area contributed by atoms with Crippen LogP contribution in [0.5, 0.6) is 5.75 Å². The standard InChI is InChI=1S/C17H16ClN3O3S/c1-3-16-20-17(21-24-16)14-8-13(10(2)25-14)19-15(22)9-23-12-6-4-11(18)5-7-12/h4-8H,3,9H2,1-2H3,(H,19,22). The van der Waals surface area contributed by atoms with E-state index in [1.807, 2.05) is 19.9 Å². The zero-order valence-electron chi connectivity index (χ0n) is 13.7. The van der Waals surface area contributed by atoms with Gasteiger partial charge in [-0.2, -0.15) is 4.98 Å². The fourth-order valence-electron chi connectivity index (χ4n) is 2.08. The van der Waals surface area contributed by atoms with Gasteiger partial charge in [-0.1, -0.05) is 23.7 Å². The third-order valence-corrected chi connectivity index (χ3v) is 4.66. The molecule has 0 spiro atoms. The fourth-order valence-corrected chi connectivity index (χ4v) is 3.11. The number of aryl methyl sites for hydroxylation is 2. The topological polar surface area (TPSA) is 77.2 Å². The summed E-state index contributed by atoms with van der Waals surface area (Å²) < 4.78 is 10.6. The molecule has 0 saturated heterocycles. The number of carbonyl (C=O) groups excluding carboxylic acids is 1. The Morgan fingerprint density at radius 1 is 1.36 bits per heavy atom. The lowest BCUT2D eigenvalue weighted by atomic mass is 10.3. The highest BCUT2D eigenvalue weighted by molar-refractivity contribution is 7.16. The molecule has 8 heteroatoms. The quantitative estimate of drug-likeness (QED) is 0.691. The van der Waals surface area contributed by atoms with Crippen molar-refractivity contribution in [3.05, 3.63) is 46.1 Å². The Hall–Kier alpha value is -2.38. The third-order valence-electron chi connectivity index (χ3n) is 3.37. The second-order valence-corrected chi connectivity index (χ2v) is 6.93. The van der Waals surface area contributed by atoms with Gasteiger partial charge in [0.2, 0.25) is 11.7 Å². The molecule has 0 aliphatic carbocycles. The number of nitrogens with one attached hydrogen (secondary N) is 1. The van der Waals surface area contributed by atoms with E-state index >= 15 is 0 Å². The van der Waals surface area contributed by atoms with E-state index in [0.29, 0.717) is 34.6 Å². The highest BCUT2D eigenvalue weighted by Crippen LogP contribution is 2.32. The van der Waals surface area contributed by atoms with Crippen LogP contribution in [0.2, 0.25) is 5.02 Å². The van der Waals surface area contributed by atoms with Crippen molar-refractivity contribution in [1.82, 2.24) is 10.1 Å². The van der Waals surface area contributed by atoms with Crippen LogP contribution in [0.4, 0.5) is 5.69 Å². The minimum absolute atomic E-state index is 0.0888. The van der Waals surface area contributed by atoms with E-state index in [1.165, 1.54) is 11.3 Å². The summed E-state index contributed by atoms with van der Waals surface area (Å²) in [6, 6.07) is 8.68. The predicted molar refractivity (Wildman–Crippen MR) is 97.3 cm³/mol. The Morgan fingerprint density at radius 2 is 2.12 bits per heavy atom. The Labute approximate surface area is 153 Å². The lowest BCUT2D eigenvalue weighted by Crippen LogP contribution is -2.20. The summed E-state index contributed by atoms with van der Waals surface area (Å²) in [6.07, 6.45) is 0.684. The molecule has 0 atom stereocenters. The number of ether oxygens (including phenoxy) is 1. The van der Waals surface area contributed by atoms with E-state index in [4.69, 9.17) is 20.9 Å². The first-order chi connectivity index (χ1) is 12.0. The van der Waals surface area contributed by atoms with E-state index in [-0.39, 0.29) is 12.5 Å². The summed E-state index contributed by atoms with van der Waals surface area (Å²) in [5, 5.41) is 7.40. The largest absolute Gasteiger partial charge is 0.484 e. The average molecular weight is 378 g/mol. The number of hydrogen-bond donors (Lipinski definition) is 1. The number of halogens is 1. The van der Waals surface area contributed by atoms with E-state index in [1.54, 1.807) is 24.3 Å². The highest BCUT2D eigenvalue weighted by Gasteiger charge is 2.14. The van der Waals surface area contributed by atoms with E-state index in [0.717, 1.165) is 9.75 Å². The third kappa shape index (κ3) is 4.37. The number of carbonyl (C=O) groups is 1. The SMILES string of the molecule is CCc1nc(-c2cc(NC(=O)COc3ccc(Cl)cc3)c(C)s2)no1. The molecule has 1 N–H and O–H groups in total. The first kappa shape index (κ1) is 17.4. The summed E-state index contributed by atoms with van der Waals surface area (Å²) >= 11 is 7.31. The maximum atomic E-state index is 12.1. The smallest absolute Gasteiger partial charge is 0.262 e. The first-order valence-electron chi connectivity index (χ1n) is 7.66. The van der Waals surface area contributed by atoms with E-state index < -0.39 is 0 Å². The Kier molecular flexibility index (Phi) is 5.35. The summed E-state index contributed by atoms with van der Waals surface area (Å²) in [4.78, 5) is 18.2. The molecular formula is C17H16ClN3O3S. The second-order valence-electron chi connectivity index (χ2n) is 5.24. The van der Waals surface area contributed by atoms with Crippen LogP contribution in [0, 0.1) is 6.92 Å². The molecule has 0 bridgehead atoms. The number of rotatable bonds is 6. The molecule has 0 fully saturated rings. The van der Waals surface area contributed by atoms with Crippen LogP contribution in [0.3, 0.4) is 0 Å². The number of aromatic nitrogens is 2. The molecule has 3 rings (SSSR count). The molecule has 2 aromatic heterocycles. The van der Waals surface area contributed by atoms with Gasteiger partial charge >= 0.3 is 0 Å². The molecule has 0 radical (unpaired) electrons. The average Bonchev–Trinajstić information content (AvgIpc) is 3.21. The van der Waals surface area contributed by atoms with Gasteiger partial charge in [-0.25, -0.2) is 0 Å².